The molecule has 180 valence electrons. The van der Waals surface area contributed by atoms with Gasteiger partial charge in [-0.2, -0.15) is 0 Å². The molecule has 4 unspecified atom stereocenters. The lowest BCUT2D eigenvalue weighted by Gasteiger charge is -2.26. The number of amides is 5. The molecule has 1 aliphatic heterocycles. The van der Waals surface area contributed by atoms with Gasteiger partial charge in [0.2, 0.25) is 29.5 Å². The Morgan fingerprint density at radius 3 is 2.06 bits per heavy atom. The summed E-state index contributed by atoms with van der Waals surface area (Å²) in [7, 11) is 0. The van der Waals surface area contributed by atoms with Crippen LogP contribution in [-0.2, 0) is 28.8 Å². The van der Waals surface area contributed by atoms with Gasteiger partial charge in [-0.05, 0) is 31.7 Å². The molecule has 0 aromatic heterocycles. The zero-order valence-electron chi connectivity index (χ0n) is 18.2. The number of carbonyl (C=O) groups excluding carboxylic acids is 5. The Labute approximate surface area is 185 Å². The molecule has 1 saturated heterocycles. The van der Waals surface area contributed by atoms with Gasteiger partial charge in [0.25, 0.3) is 0 Å². The van der Waals surface area contributed by atoms with Crippen LogP contribution in [0.25, 0.3) is 0 Å². The molecule has 0 aromatic carbocycles. The first kappa shape index (κ1) is 26.8. The first-order chi connectivity index (χ1) is 14.9. The molecule has 9 N–H and O–H groups in total. The maximum absolute atomic E-state index is 12.9. The van der Waals surface area contributed by atoms with Crippen LogP contribution < -0.4 is 32.7 Å². The van der Waals surface area contributed by atoms with Crippen molar-refractivity contribution in [2.24, 2.45) is 17.4 Å². The minimum absolute atomic E-state index is 0.210. The van der Waals surface area contributed by atoms with Crippen molar-refractivity contribution in [2.75, 3.05) is 6.54 Å². The molecular weight excluding hydrogens is 424 g/mol. The van der Waals surface area contributed by atoms with Crippen molar-refractivity contribution in [3.05, 3.63) is 0 Å². The lowest BCUT2D eigenvalue weighted by Crippen LogP contribution is -2.58. The van der Waals surface area contributed by atoms with Crippen LogP contribution in [0.2, 0.25) is 0 Å². The van der Waals surface area contributed by atoms with Gasteiger partial charge >= 0.3 is 5.97 Å². The summed E-state index contributed by atoms with van der Waals surface area (Å²) < 4.78 is 0. The maximum atomic E-state index is 12.9. The van der Waals surface area contributed by atoms with E-state index in [0.717, 1.165) is 6.42 Å². The van der Waals surface area contributed by atoms with Gasteiger partial charge in [0, 0.05) is 6.42 Å². The number of hydrogen-bond donors (Lipinski definition) is 7. The summed E-state index contributed by atoms with van der Waals surface area (Å²) in [5.41, 5.74) is 10.1. The highest BCUT2D eigenvalue weighted by atomic mass is 16.4. The van der Waals surface area contributed by atoms with Gasteiger partial charge in [-0.1, -0.05) is 13.8 Å². The quantitative estimate of drug-likeness (QED) is 0.152. The second-order valence-corrected chi connectivity index (χ2v) is 8.02. The summed E-state index contributed by atoms with van der Waals surface area (Å²) in [6.45, 7) is 4.11. The van der Waals surface area contributed by atoms with Gasteiger partial charge in [-0.3, -0.25) is 24.0 Å². The molecule has 0 spiro atoms. The summed E-state index contributed by atoms with van der Waals surface area (Å²) in [5, 5.41) is 19.4. The Morgan fingerprint density at radius 2 is 1.59 bits per heavy atom. The highest BCUT2D eigenvalue weighted by Crippen LogP contribution is 2.09. The van der Waals surface area contributed by atoms with Gasteiger partial charge in [0.15, 0.2) is 0 Å². The van der Waals surface area contributed by atoms with Gasteiger partial charge in [0.05, 0.1) is 12.5 Å². The monoisotopic (exact) mass is 456 g/mol. The second kappa shape index (κ2) is 12.6. The van der Waals surface area contributed by atoms with Crippen LogP contribution in [0.3, 0.4) is 0 Å². The van der Waals surface area contributed by atoms with Gasteiger partial charge in [-0.15, -0.1) is 0 Å². The van der Waals surface area contributed by atoms with E-state index in [4.69, 9.17) is 11.5 Å². The molecule has 4 atom stereocenters. The van der Waals surface area contributed by atoms with Crippen LogP contribution in [0.4, 0.5) is 0 Å². The summed E-state index contributed by atoms with van der Waals surface area (Å²) in [4.78, 5) is 71.4. The standard InChI is InChI=1S/C19H32N6O7/c1-9(2)15(25-16(28)10-4-3-7-22-10)18(30)23-11(5-6-13(20)26)17(29)24-12(19(31)32)8-14(21)27/h9-12,15,22H,3-8H2,1-2H3,(H2,20,26)(H2,21,27)(H,23,30)(H,24,29)(H,25,28)(H,31,32). The highest BCUT2D eigenvalue weighted by molar-refractivity contribution is 5.95. The van der Waals surface area contributed by atoms with Crippen LogP contribution >= 0.6 is 0 Å². The first-order valence-electron chi connectivity index (χ1n) is 10.4. The molecule has 0 saturated carbocycles. The van der Waals surface area contributed by atoms with E-state index in [-0.39, 0.29) is 24.7 Å². The molecule has 5 amide bonds. The predicted octanol–water partition coefficient (Wildman–Crippen LogP) is -2.93. The van der Waals surface area contributed by atoms with E-state index in [1.807, 2.05) is 0 Å². The molecule has 32 heavy (non-hydrogen) atoms. The second-order valence-electron chi connectivity index (χ2n) is 8.02. The molecule has 1 aliphatic rings. The smallest absolute Gasteiger partial charge is 0.326 e. The zero-order chi connectivity index (χ0) is 24.4. The molecule has 0 aliphatic carbocycles. The minimum atomic E-state index is -1.61. The number of carbonyl (C=O) groups is 6. The summed E-state index contributed by atoms with van der Waals surface area (Å²) in [6.07, 6.45) is 0.340. The van der Waals surface area contributed by atoms with Crippen LogP contribution in [-0.4, -0.2) is 71.3 Å². The Morgan fingerprint density at radius 1 is 0.969 bits per heavy atom. The average molecular weight is 457 g/mol. The van der Waals surface area contributed by atoms with E-state index >= 15 is 0 Å². The largest absolute Gasteiger partial charge is 0.480 e. The van der Waals surface area contributed by atoms with E-state index in [1.54, 1.807) is 13.8 Å². The van der Waals surface area contributed by atoms with Crippen LogP contribution in [0.5, 0.6) is 0 Å². The van der Waals surface area contributed by atoms with Crippen molar-refractivity contribution in [3.8, 4) is 0 Å². The fourth-order valence-electron chi connectivity index (χ4n) is 3.19. The Hall–Kier alpha value is -3.22. The lowest BCUT2D eigenvalue weighted by molar-refractivity contribution is -0.144. The lowest BCUT2D eigenvalue weighted by atomic mass is 10.0. The number of rotatable bonds is 13. The number of nitrogens with one attached hydrogen (secondary N) is 4. The van der Waals surface area contributed by atoms with E-state index in [9.17, 15) is 33.9 Å². The number of aliphatic carboxylic acids is 1. The average Bonchev–Trinajstić information content (AvgIpc) is 3.22. The molecule has 13 heteroatoms. The third-order valence-electron chi connectivity index (χ3n) is 4.96. The van der Waals surface area contributed by atoms with E-state index in [2.05, 4.69) is 21.3 Å². The Kier molecular flexibility index (Phi) is 10.5. The SMILES string of the molecule is CC(C)C(NC(=O)C1CCCN1)C(=O)NC(CCC(N)=O)C(=O)NC(CC(N)=O)C(=O)O. The van der Waals surface area contributed by atoms with Crippen molar-refractivity contribution in [2.45, 2.75) is 70.1 Å². The van der Waals surface area contributed by atoms with Crippen molar-refractivity contribution < 1.29 is 33.9 Å². The van der Waals surface area contributed by atoms with E-state index < -0.39 is 60.2 Å². The minimum Gasteiger partial charge on any atom is -0.480 e. The van der Waals surface area contributed by atoms with E-state index in [1.165, 1.54) is 0 Å². The summed E-state index contributed by atoms with van der Waals surface area (Å²) >= 11 is 0. The molecule has 13 nitrogen and oxygen atoms in total. The third-order valence-corrected chi connectivity index (χ3v) is 4.96. The van der Waals surface area contributed by atoms with Crippen LogP contribution in [0, 0.1) is 5.92 Å². The Balaban J connectivity index is 2.92. The Bertz CT molecular complexity index is 736. The summed E-state index contributed by atoms with van der Waals surface area (Å²) in [5.74, 6) is -5.46. The number of carboxylic acid groups (broad SMARTS) is 1. The van der Waals surface area contributed by atoms with Crippen LogP contribution in [0.15, 0.2) is 0 Å². The fraction of sp³-hybridized carbons (Fsp3) is 0.684. The van der Waals surface area contributed by atoms with Crippen LogP contribution in [0.1, 0.15) is 46.0 Å². The molecule has 1 fully saturated rings. The first-order valence-corrected chi connectivity index (χ1v) is 10.4. The van der Waals surface area contributed by atoms with Crippen molar-refractivity contribution in [3.63, 3.8) is 0 Å². The predicted molar refractivity (Wildman–Crippen MR) is 112 cm³/mol. The third kappa shape index (κ3) is 8.88. The molecule has 1 heterocycles. The van der Waals surface area contributed by atoms with Crippen molar-refractivity contribution >= 4 is 35.5 Å². The number of nitrogens with two attached hydrogens (primary N) is 2. The fourth-order valence-corrected chi connectivity index (χ4v) is 3.19. The molecular formula is C19H32N6O7. The topological polar surface area (TPSA) is 223 Å². The highest BCUT2D eigenvalue weighted by Gasteiger charge is 2.33. The number of primary amides is 2. The zero-order valence-corrected chi connectivity index (χ0v) is 18.2. The van der Waals surface area contributed by atoms with Crippen molar-refractivity contribution in [1.29, 1.82) is 0 Å². The van der Waals surface area contributed by atoms with Gasteiger partial charge < -0.3 is 37.8 Å². The molecule has 0 bridgehead atoms. The number of hydrogen-bond acceptors (Lipinski definition) is 7. The van der Waals surface area contributed by atoms with Gasteiger partial charge in [0.1, 0.15) is 18.1 Å². The summed E-state index contributed by atoms with van der Waals surface area (Å²) in [6, 6.07) is -4.33. The maximum Gasteiger partial charge on any atom is 0.326 e. The van der Waals surface area contributed by atoms with Gasteiger partial charge in [-0.25, -0.2) is 4.79 Å². The number of carboxylic acids is 1. The van der Waals surface area contributed by atoms with Crippen molar-refractivity contribution in [1.82, 2.24) is 21.3 Å². The molecule has 0 aromatic rings. The van der Waals surface area contributed by atoms with E-state index in [0.29, 0.717) is 13.0 Å². The molecule has 0 radical (unpaired) electrons. The molecule has 1 rings (SSSR count). The normalized spacial score (nSPS) is 18.3.